The summed E-state index contributed by atoms with van der Waals surface area (Å²) in [6.45, 7) is 10.1. The van der Waals surface area contributed by atoms with E-state index in [4.69, 9.17) is 4.74 Å². The number of hydrogen-bond donors (Lipinski definition) is 0. The predicted octanol–water partition coefficient (Wildman–Crippen LogP) is 4.58. The summed E-state index contributed by atoms with van der Waals surface area (Å²) < 4.78 is 5.39. The third-order valence-corrected chi connectivity index (χ3v) is 3.45. The minimum Gasteiger partial charge on any atom is -0.454 e. The van der Waals surface area contributed by atoms with Crippen LogP contribution in [0.2, 0.25) is 0 Å². The van der Waals surface area contributed by atoms with Crippen LogP contribution in [0.3, 0.4) is 0 Å². The van der Waals surface area contributed by atoms with E-state index in [1.165, 1.54) is 12.5 Å². The summed E-state index contributed by atoms with van der Waals surface area (Å²) in [7, 11) is 0. The first-order valence-corrected chi connectivity index (χ1v) is 6.99. The molecule has 0 heterocycles. The summed E-state index contributed by atoms with van der Waals surface area (Å²) in [5.74, 6) is -0.232. The Morgan fingerprint density at radius 2 is 2.00 bits per heavy atom. The van der Waals surface area contributed by atoms with Crippen molar-refractivity contribution in [3.63, 3.8) is 0 Å². The third kappa shape index (κ3) is 5.91. The van der Waals surface area contributed by atoms with E-state index in [2.05, 4.69) is 39.0 Å². The first-order chi connectivity index (χ1) is 8.80. The van der Waals surface area contributed by atoms with Gasteiger partial charge in [-0.25, -0.2) is 0 Å². The van der Waals surface area contributed by atoms with Crippen LogP contribution in [-0.2, 0) is 9.53 Å². The Bertz CT molecular complexity index is 411. The second kappa shape index (κ2) is 6.74. The Morgan fingerprint density at radius 1 is 1.32 bits per heavy atom. The van der Waals surface area contributed by atoms with Crippen LogP contribution in [0.5, 0.6) is 0 Å². The van der Waals surface area contributed by atoms with Gasteiger partial charge in [0.2, 0.25) is 0 Å². The van der Waals surface area contributed by atoms with Crippen molar-refractivity contribution in [2.75, 3.05) is 0 Å². The summed E-state index contributed by atoms with van der Waals surface area (Å²) in [6.07, 6.45) is 11.5. The highest BCUT2D eigenvalue weighted by atomic mass is 16.5. The van der Waals surface area contributed by atoms with Gasteiger partial charge >= 0.3 is 5.97 Å². The van der Waals surface area contributed by atoms with Crippen molar-refractivity contribution in [3.05, 3.63) is 35.5 Å². The van der Waals surface area contributed by atoms with Crippen LogP contribution in [0, 0.1) is 5.41 Å². The van der Waals surface area contributed by atoms with Crippen LogP contribution >= 0.6 is 0 Å². The fourth-order valence-electron chi connectivity index (χ4n) is 2.06. The Hall–Kier alpha value is -1.31. The van der Waals surface area contributed by atoms with Crippen LogP contribution in [0.4, 0.5) is 0 Å². The van der Waals surface area contributed by atoms with Crippen LogP contribution < -0.4 is 0 Å². The molecule has 0 saturated heterocycles. The molecule has 0 unspecified atom stereocenters. The van der Waals surface area contributed by atoms with Gasteiger partial charge in [-0.3, -0.25) is 4.79 Å². The molecule has 0 fully saturated rings. The zero-order valence-electron chi connectivity index (χ0n) is 12.8. The van der Waals surface area contributed by atoms with Gasteiger partial charge in [-0.2, -0.15) is 0 Å². The van der Waals surface area contributed by atoms with E-state index in [1.807, 2.05) is 13.0 Å². The van der Waals surface area contributed by atoms with Crippen molar-refractivity contribution in [2.45, 2.75) is 60.0 Å². The molecule has 0 saturated carbocycles. The van der Waals surface area contributed by atoms with Gasteiger partial charge in [0.1, 0.15) is 6.10 Å². The Morgan fingerprint density at radius 3 is 2.63 bits per heavy atom. The van der Waals surface area contributed by atoms with Gasteiger partial charge in [0.25, 0.3) is 0 Å². The number of rotatable bonds is 1. The van der Waals surface area contributed by atoms with Crippen LogP contribution in [-0.4, -0.2) is 12.1 Å². The minimum absolute atomic E-state index is 0.0876. The minimum atomic E-state index is -0.232. The molecule has 0 bridgehead atoms. The Balaban J connectivity index is 2.99. The van der Waals surface area contributed by atoms with Crippen molar-refractivity contribution in [3.8, 4) is 0 Å². The molecule has 0 spiro atoms. The van der Waals surface area contributed by atoms with E-state index in [0.29, 0.717) is 0 Å². The maximum Gasteiger partial charge on any atom is 0.303 e. The van der Waals surface area contributed by atoms with E-state index in [0.717, 1.165) is 24.8 Å². The Labute approximate surface area is 117 Å². The molecule has 0 radical (unpaired) electrons. The molecule has 0 aromatic rings. The van der Waals surface area contributed by atoms with E-state index in [-0.39, 0.29) is 17.5 Å². The lowest BCUT2D eigenvalue weighted by atomic mass is 9.87. The summed E-state index contributed by atoms with van der Waals surface area (Å²) in [5, 5.41) is 0. The van der Waals surface area contributed by atoms with Gasteiger partial charge in [-0.15, -0.1) is 0 Å². The number of carbonyl (C=O) groups excluding carboxylic acids is 1. The van der Waals surface area contributed by atoms with Gasteiger partial charge in [0, 0.05) is 6.92 Å². The van der Waals surface area contributed by atoms with Crippen LogP contribution in [0.15, 0.2) is 35.5 Å². The molecule has 19 heavy (non-hydrogen) atoms. The van der Waals surface area contributed by atoms with Gasteiger partial charge in [0.15, 0.2) is 0 Å². The van der Waals surface area contributed by atoms with Crippen LogP contribution in [0.25, 0.3) is 0 Å². The lowest BCUT2D eigenvalue weighted by Gasteiger charge is -2.20. The molecule has 106 valence electrons. The predicted molar refractivity (Wildman–Crippen MR) is 79.8 cm³/mol. The molecule has 2 nitrogen and oxygen atoms in total. The molecule has 0 aromatic carbocycles. The van der Waals surface area contributed by atoms with E-state index in [1.54, 1.807) is 0 Å². The summed E-state index contributed by atoms with van der Waals surface area (Å²) >= 11 is 0. The van der Waals surface area contributed by atoms with E-state index >= 15 is 0 Å². The zero-order valence-corrected chi connectivity index (χ0v) is 12.8. The molecule has 1 aliphatic rings. The van der Waals surface area contributed by atoms with Crippen molar-refractivity contribution in [1.29, 1.82) is 0 Å². The van der Waals surface area contributed by atoms with Gasteiger partial charge in [0.05, 0.1) is 0 Å². The highest BCUT2D eigenvalue weighted by molar-refractivity contribution is 5.66. The van der Waals surface area contributed by atoms with Crippen molar-refractivity contribution >= 4 is 5.97 Å². The highest BCUT2D eigenvalue weighted by Crippen LogP contribution is 2.26. The standard InChI is InChI=1S/C17H26O2/c1-13-7-6-8-14(2)16(19-15(3)18)10-12-17(4,5)11-9-13/h8-10,12,16H,6-7,11H2,1-5H3/b12-10+,13-9+,14-8+/t16-/m0/s1. The second-order valence-corrected chi connectivity index (χ2v) is 6.12. The summed E-state index contributed by atoms with van der Waals surface area (Å²) in [6, 6.07) is 0. The number of ether oxygens (including phenoxy) is 1. The van der Waals surface area contributed by atoms with Gasteiger partial charge in [-0.1, -0.05) is 37.6 Å². The molecule has 0 aromatic heterocycles. The lowest BCUT2D eigenvalue weighted by molar-refractivity contribution is -0.142. The first kappa shape index (κ1) is 15.7. The molecule has 1 rings (SSSR count). The zero-order chi connectivity index (χ0) is 14.5. The molecule has 2 heteroatoms. The maximum atomic E-state index is 11.2. The fourth-order valence-corrected chi connectivity index (χ4v) is 2.06. The summed E-state index contributed by atoms with van der Waals surface area (Å²) in [4.78, 5) is 11.2. The average molecular weight is 262 g/mol. The average Bonchev–Trinajstić information content (AvgIpc) is 2.32. The maximum absolute atomic E-state index is 11.2. The number of carbonyl (C=O) groups is 1. The van der Waals surface area contributed by atoms with E-state index < -0.39 is 0 Å². The normalized spacial score (nSPS) is 31.1. The molecular formula is C17H26O2. The van der Waals surface area contributed by atoms with Crippen LogP contribution in [0.1, 0.15) is 53.9 Å². The number of hydrogen-bond acceptors (Lipinski definition) is 2. The molecule has 0 N–H and O–H groups in total. The quantitative estimate of drug-likeness (QED) is 0.511. The molecule has 0 amide bonds. The van der Waals surface area contributed by atoms with Crippen molar-refractivity contribution in [1.82, 2.24) is 0 Å². The smallest absolute Gasteiger partial charge is 0.303 e. The SMILES string of the molecule is CC(=O)O[C@H]1/C=C/C(C)(C)C/C=C(\C)CC/C=C/1C. The van der Waals surface area contributed by atoms with Crippen molar-refractivity contribution in [2.24, 2.45) is 5.41 Å². The lowest BCUT2D eigenvalue weighted by Crippen LogP contribution is -2.16. The topological polar surface area (TPSA) is 26.3 Å². The highest BCUT2D eigenvalue weighted by Gasteiger charge is 2.16. The number of allylic oxidation sites excluding steroid dienone is 4. The molecule has 1 atom stereocenters. The molecular weight excluding hydrogens is 236 g/mol. The first-order valence-electron chi connectivity index (χ1n) is 6.99. The Kier molecular flexibility index (Phi) is 5.59. The summed E-state index contributed by atoms with van der Waals surface area (Å²) in [5.41, 5.74) is 2.62. The fraction of sp³-hybridized carbons (Fsp3) is 0.588. The monoisotopic (exact) mass is 262 g/mol. The van der Waals surface area contributed by atoms with Gasteiger partial charge < -0.3 is 4.74 Å². The largest absolute Gasteiger partial charge is 0.454 e. The second-order valence-electron chi connectivity index (χ2n) is 6.12. The van der Waals surface area contributed by atoms with Gasteiger partial charge in [-0.05, 0) is 50.2 Å². The third-order valence-electron chi connectivity index (χ3n) is 3.45. The molecule has 1 aliphatic carbocycles. The molecule has 0 aliphatic heterocycles. The number of esters is 1. The van der Waals surface area contributed by atoms with Crippen molar-refractivity contribution < 1.29 is 9.53 Å². The van der Waals surface area contributed by atoms with E-state index in [9.17, 15) is 4.79 Å².